The number of pyridine rings is 1. The molecule has 0 N–H and O–H groups in total. The summed E-state index contributed by atoms with van der Waals surface area (Å²) < 4.78 is 1.51. The number of hydrogen-bond acceptors (Lipinski definition) is 5. The molecule has 68 valence electrons. The molecule has 2 aromatic heterocycles. The predicted octanol–water partition coefficient (Wildman–Crippen LogP) is 0.630. The van der Waals surface area contributed by atoms with Gasteiger partial charge in [0.05, 0.1) is 11.9 Å². The molecular formula is C8H5N5O. The highest BCUT2D eigenvalue weighted by Crippen LogP contribution is 2.10. The van der Waals surface area contributed by atoms with E-state index in [0.29, 0.717) is 11.5 Å². The zero-order valence-corrected chi connectivity index (χ0v) is 7.03. The van der Waals surface area contributed by atoms with Gasteiger partial charge in [0, 0.05) is 0 Å². The van der Waals surface area contributed by atoms with Crippen molar-refractivity contribution in [2.75, 3.05) is 0 Å². The molecule has 0 radical (unpaired) electrons. The minimum Gasteiger partial charge on any atom is -0.235 e. The third kappa shape index (κ3) is 1.55. The summed E-state index contributed by atoms with van der Waals surface area (Å²) in [5.41, 5.74) is 0.462. The molecule has 0 aliphatic rings. The quantitative estimate of drug-likeness (QED) is 0.510. The smallest absolute Gasteiger partial charge is 0.235 e. The highest BCUT2D eigenvalue weighted by Gasteiger charge is 1.97. The van der Waals surface area contributed by atoms with Gasteiger partial charge in [-0.1, -0.05) is 0 Å². The molecule has 6 nitrogen and oxygen atoms in total. The van der Waals surface area contributed by atoms with E-state index in [9.17, 15) is 4.79 Å². The lowest BCUT2D eigenvalue weighted by Crippen LogP contribution is -1.96. The van der Waals surface area contributed by atoms with E-state index < -0.39 is 0 Å². The average molecular weight is 187 g/mol. The van der Waals surface area contributed by atoms with Gasteiger partial charge >= 0.3 is 0 Å². The van der Waals surface area contributed by atoms with Gasteiger partial charge in [-0.25, -0.2) is 19.4 Å². The Morgan fingerprint density at radius 1 is 1.43 bits per heavy atom. The Kier molecular flexibility index (Phi) is 2.12. The van der Waals surface area contributed by atoms with Gasteiger partial charge in [-0.3, -0.25) is 0 Å². The lowest BCUT2D eigenvalue weighted by Gasteiger charge is -1.97. The predicted molar refractivity (Wildman–Crippen MR) is 46.9 cm³/mol. The van der Waals surface area contributed by atoms with Gasteiger partial charge in [0.15, 0.2) is 5.82 Å². The van der Waals surface area contributed by atoms with Crippen molar-refractivity contribution in [3.63, 3.8) is 0 Å². The van der Waals surface area contributed by atoms with Gasteiger partial charge in [0.2, 0.25) is 6.08 Å². The van der Waals surface area contributed by atoms with Crippen LogP contribution >= 0.6 is 0 Å². The van der Waals surface area contributed by atoms with E-state index in [1.54, 1.807) is 12.1 Å². The summed E-state index contributed by atoms with van der Waals surface area (Å²) in [6, 6.07) is 3.33. The molecular weight excluding hydrogens is 182 g/mol. The van der Waals surface area contributed by atoms with Crippen molar-refractivity contribution in [1.29, 1.82) is 0 Å². The van der Waals surface area contributed by atoms with Crippen LogP contribution in [0.4, 0.5) is 5.69 Å². The molecule has 2 rings (SSSR count). The molecule has 0 bridgehead atoms. The number of hydrogen-bond donors (Lipinski definition) is 0. The average Bonchev–Trinajstić information content (AvgIpc) is 2.72. The minimum atomic E-state index is 0.462. The number of nitrogens with zero attached hydrogens (tertiary/aromatic N) is 5. The van der Waals surface area contributed by atoms with Crippen LogP contribution in [0.2, 0.25) is 0 Å². The van der Waals surface area contributed by atoms with Crippen LogP contribution in [0.1, 0.15) is 0 Å². The van der Waals surface area contributed by atoms with E-state index >= 15 is 0 Å². The highest BCUT2D eigenvalue weighted by molar-refractivity contribution is 5.48. The molecule has 0 unspecified atom stereocenters. The van der Waals surface area contributed by atoms with Crippen LogP contribution in [-0.2, 0) is 4.79 Å². The number of carbonyl (C=O) groups excluding carboxylic acids is 1. The van der Waals surface area contributed by atoms with Crippen LogP contribution in [0.25, 0.3) is 5.82 Å². The second kappa shape index (κ2) is 3.59. The molecule has 0 aliphatic heterocycles. The molecule has 14 heavy (non-hydrogen) atoms. The Morgan fingerprint density at radius 3 is 2.93 bits per heavy atom. The van der Waals surface area contributed by atoms with E-state index in [1.165, 1.54) is 29.6 Å². The topological polar surface area (TPSA) is 73.0 Å². The minimum absolute atomic E-state index is 0.462. The number of aliphatic imine (C=N–C) groups is 1. The summed E-state index contributed by atoms with van der Waals surface area (Å²) in [4.78, 5) is 21.2. The lowest BCUT2D eigenvalue weighted by molar-refractivity contribution is 0.565. The van der Waals surface area contributed by atoms with Crippen molar-refractivity contribution in [2.45, 2.75) is 0 Å². The van der Waals surface area contributed by atoms with Crippen LogP contribution in [0.5, 0.6) is 0 Å². The first-order chi connectivity index (χ1) is 6.90. The molecule has 2 aromatic rings. The summed E-state index contributed by atoms with van der Waals surface area (Å²) in [7, 11) is 0. The van der Waals surface area contributed by atoms with Crippen molar-refractivity contribution in [2.24, 2.45) is 4.99 Å². The number of aromatic nitrogens is 4. The third-order valence-electron chi connectivity index (χ3n) is 1.56. The molecule has 0 saturated carbocycles. The van der Waals surface area contributed by atoms with Crippen molar-refractivity contribution in [3.8, 4) is 5.82 Å². The molecule has 0 aromatic carbocycles. The number of isocyanates is 1. The second-order valence-electron chi connectivity index (χ2n) is 2.42. The Hall–Kier alpha value is -2.33. The summed E-state index contributed by atoms with van der Waals surface area (Å²) in [5, 5.41) is 3.90. The van der Waals surface area contributed by atoms with Gasteiger partial charge in [-0.05, 0) is 12.1 Å². The van der Waals surface area contributed by atoms with E-state index in [2.05, 4.69) is 20.1 Å². The van der Waals surface area contributed by atoms with E-state index in [-0.39, 0.29) is 0 Å². The molecule has 2 heterocycles. The van der Waals surface area contributed by atoms with Crippen LogP contribution < -0.4 is 0 Å². The van der Waals surface area contributed by atoms with Crippen molar-refractivity contribution < 1.29 is 4.79 Å². The van der Waals surface area contributed by atoms with Gasteiger partial charge < -0.3 is 0 Å². The first-order valence-corrected chi connectivity index (χ1v) is 3.79. The molecule has 0 amide bonds. The summed E-state index contributed by atoms with van der Waals surface area (Å²) in [5.74, 6) is 0.618. The standard InChI is InChI=1S/C8H5N5O/c14-6-11-7-1-2-8(10-3-7)13-5-9-4-12-13/h1-5H. The van der Waals surface area contributed by atoms with E-state index in [4.69, 9.17) is 0 Å². The van der Waals surface area contributed by atoms with Crippen molar-refractivity contribution >= 4 is 11.8 Å². The van der Waals surface area contributed by atoms with Crippen LogP contribution in [0.15, 0.2) is 36.0 Å². The normalized spacial score (nSPS) is 9.43. The second-order valence-corrected chi connectivity index (χ2v) is 2.42. The van der Waals surface area contributed by atoms with E-state index in [0.717, 1.165) is 0 Å². The van der Waals surface area contributed by atoms with Crippen molar-refractivity contribution in [3.05, 3.63) is 31.0 Å². The molecule has 0 spiro atoms. The number of rotatable bonds is 2. The molecule has 0 atom stereocenters. The van der Waals surface area contributed by atoms with Crippen LogP contribution in [-0.4, -0.2) is 25.8 Å². The summed E-state index contributed by atoms with van der Waals surface area (Å²) >= 11 is 0. The Balaban J connectivity index is 2.35. The zero-order chi connectivity index (χ0) is 9.80. The summed E-state index contributed by atoms with van der Waals surface area (Å²) in [6.07, 6.45) is 5.85. The molecule has 0 aliphatic carbocycles. The van der Waals surface area contributed by atoms with Gasteiger partial charge in [0.25, 0.3) is 0 Å². The SMILES string of the molecule is O=C=Nc1ccc(-n2cncn2)nc1. The molecule has 6 heteroatoms. The maximum atomic E-state index is 9.94. The monoisotopic (exact) mass is 187 g/mol. The van der Waals surface area contributed by atoms with Gasteiger partial charge in [-0.15, -0.1) is 0 Å². The molecule has 0 saturated heterocycles. The maximum Gasteiger partial charge on any atom is 0.240 e. The fraction of sp³-hybridized carbons (Fsp3) is 0. The van der Waals surface area contributed by atoms with Crippen molar-refractivity contribution in [1.82, 2.24) is 19.7 Å². The largest absolute Gasteiger partial charge is 0.240 e. The maximum absolute atomic E-state index is 9.94. The Labute approximate surface area is 79.0 Å². The summed E-state index contributed by atoms with van der Waals surface area (Å²) in [6.45, 7) is 0. The van der Waals surface area contributed by atoms with Gasteiger partial charge in [0.1, 0.15) is 12.7 Å². The van der Waals surface area contributed by atoms with Gasteiger partial charge in [-0.2, -0.15) is 10.1 Å². The Bertz CT molecular complexity index is 455. The lowest BCUT2D eigenvalue weighted by atomic mass is 10.4. The van der Waals surface area contributed by atoms with Crippen LogP contribution in [0.3, 0.4) is 0 Å². The zero-order valence-electron chi connectivity index (χ0n) is 7.03. The molecule has 0 fully saturated rings. The Morgan fingerprint density at radius 2 is 2.36 bits per heavy atom. The highest BCUT2D eigenvalue weighted by atomic mass is 16.1. The van der Waals surface area contributed by atoms with Crippen LogP contribution in [0, 0.1) is 0 Å². The third-order valence-corrected chi connectivity index (χ3v) is 1.56. The van der Waals surface area contributed by atoms with E-state index in [1.807, 2.05) is 0 Å². The fourth-order valence-corrected chi connectivity index (χ4v) is 0.959. The fourth-order valence-electron chi connectivity index (χ4n) is 0.959. The first-order valence-electron chi connectivity index (χ1n) is 3.79. The first kappa shape index (κ1) is 8.28.